The molecule has 0 fully saturated rings. The van der Waals surface area contributed by atoms with Crippen molar-refractivity contribution in [2.24, 2.45) is 0 Å². The smallest absolute Gasteiger partial charge is 0.129 e. The van der Waals surface area contributed by atoms with Crippen molar-refractivity contribution >= 4 is 28.4 Å². The molecule has 90 valence electrons. The minimum Gasteiger partial charge on any atom is -0.300 e. The Kier molecular flexibility index (Phi) is 12.8. The average Bonchev–Trinajstić information content (AvgIpc) is 2.20. The van der Waals surface area contributed by atoms with Gasteiger partial charge in [0.25, 0.3) is 0 Å². The Morgan fingerprint density at radius 3 is 1.60 bits per heavy atom. The molecule has 0 aliphatic carbocycles. The molecule has 0 saturated heterocycles. The standard InChI is InChI=1S/C13H25IO/c1-13(15)11-9-7-5-3-2-4-6-8-10-12-14/h2-12H2,1H3. The molecule has 0 heterocycles. The summed E-state index contributed by atoms with van der Waals surface area (Å²) >= 11 is 2.45. The second-order valence-corrected chi connectivity index (χ2v) is 5.40. The molecule has 15 heavy (non-hydrogen) atoms. The maximum Gasteiger partial charge on any atom is 0.129 e. The molecule has 0 radical (unpaired) electrons. The van der Waals surface area contributed by atoms with Crippen molar-refractivity contribution in [1.82, 2.24) is 0 Å². The number of hydrogen-bond donors (Lipinski definition) is 0. The van der Waals surface area contributed by atoms with E-state index in [1.54, 1.807) is 6.92 Å². The number of alkyl halides is 1. The molecule has 0 aromatic rings. The highest BCUT2D eigenvalue weighted by molar-refractivity contribution is 14.1. The number of rotatable bonds is 11. The molecule has 0 aromatic heterocycles. The molecule has 0 atom stereocenters. The summed E-state index contributed by atoms with van der Waals surface area (Å²) in [7, 11) is 0. The lowest BCUT2D eigenvalue weighted by molar-refractivity contribution is -0.117. The lowest BCUT2D eigenvalue weighted by Gasteiger charge is -2.01. The molecule has 0 aliphatic heterocycles. The topological polar surface area (TPSA) is 17.1 Å². The van der Waals surface area contributed by atoms with E-state index in [0.717, 1.165) is 12.8 Å². The molecule has 0 rings (SSSR count). The summed E-state index contributed by atoms with van der Waals surface area (Å²) in [5.41, 5.74) is 0. The fourth-order valence-electron chi connectivity index (χ4n) is 1.71. The van der Waals surface area contributed by atoms with Crippen molar-refractivity contribution in [3.63, 3.8) is 0 Å². The predicted octanol–water partition coefficient (Wildman–Crippen LogP) is 4.91. The van der Waals surface area contributed by atoms with Crippen LogP contribution in [0.25, 0.3) is 0 Å². The molecule has 0 N–H and O–H groups in total. The molecule has 0 aromatic carbocycles. The van der Waals surface area contributed by atoms with Crippen molar-refractivity contribution in [2.75, 3.05) is 4.43 Å². The van der Waals surface area contributed by atoms with Crippen molar-refractivity contribution < 1.29 is 4.79 Å². The maximum atomic E-state index is 10.7. The highest BCUT2D eigenvalue weighted by Crippen LogP contribution is 2.11. The minimum absolute atomic E-state index is 0.341. The molecule has 0 bridgehead atoms. The molecule has 0 aliphatic rings. The van der Waals surface area contributed by atoms with Gasteiger partial charge in [-0.15, -0.1) is 0 Å². The summed E-state index contributed by atoms with van der Waals surface area (Å²) in [6, 6.07) is 0. The van der Waals surface area contributed by atoms with Crippen LogP contribution in [0, 0.1) is 0 Å². The number of hydrogen-bond acceptors (Lipinski definition) is 1. The van der Waals surface area contributed by atoms with Crippen LogP contribution in [0.4, 0.5) is 0 Å². The van der Waals surface area contributed by atoms with E-state index in [9.17, 15) is 4.79 Å². The number of carbonyl (C=O) groups excluding carboxylic acids is 1. The van der Waals surface area contributed by atoms with E-state index in [4.69, 9.17) is 0 Å². The molecule has 0 amide bonds. The van der Waals surface area contributed by atoms with Gasteiger partial charge in [0, 0.05) is 6.42 Å². The summed E-state index contributed by atoms with van der Waals surface area (Å²) in [5.74, 6) is 0.341. The molecule has 1 nitrogen and oxygen atoms in total. The first kappa shape index (κ1) is 15.4. The number of Topliss-reactive ketones (excluding diaryl/α,β-unsaturated/α-hetero) is 1. The van der Waals surface area contributed by atoms with Crippen LogP contribution in [-0.2, 0) is 4.79 Å². The summed E-state index contributed by atoms with van der Waals surface area (Å²) in [6.07, 6.45) is 12.8. The van der Waals surface area contributed by atoms with E-state index in [1.807, 2.05) is 0 Å². The Hall–Kier alpha value is 0.400. The van der Waals surface area contributed by atoms with Gasteiger partial charge in [-0.3, -0.25) is 0 Å². The van der Waals surface area contributed by atoms with E-state index >= 15 is 0 Å². The fraction of sp³-hybridized carbons (Fsp3) is 0.923. The SMILES string of the molecule is CC(=O)CCCCCCCCCCCI. The maximum absolute atomic E-state index is 10.7. The fourth-order valence-corrected chi connectivity index (χ4v) is 2.25. The van der Waals surface area contributed by atoms with Crippen molar-refractivity contribution in [1.29, 1.82) is 0 Å². The Bertz CT molecular complexity index is 145. The van der Waals surface area contributed by atoms with Gasteiger partial charge < -0.3 is 4.79 Å². The van der Waals surface area contributed by atoms with E-state index in [-0.39, 0.29) is 0 Å². The monoisotopic (exact) mass is 324 g/mol. The van der Waals surface area contributed by atoms with Gasteiger partial charge in [0.15, 0.2) is 0 Å². The molecule has 0 unspecified atom stereocenters. The third-order valence-electron chi connectivity index (χ3n) is 2.66. The third kappa shape index (κ3) is 14.4. The normalized spacial score (nSPS) is 10.5. The Labute approximate surface area is 109 Å². The quantitative estimate of drug-likeness (QED) is 0.300. The van der Waals surface area contributed by atoms with E-state index in [0.29, 0.717) is 5.78 Å². The number of carbonyl (C=O) groups is 1. The van der Waals surface area contributed by atoms with E-state index < -0.39 is 0 Å². The summed E-state index contributed by atoms with van der Waals surface area (Å²) in [5, 5.41) is 0. The second kappa shape index (κ2) is 12.5. The zero-order chi connectivity index (χ0) is 11.4. The Balaban J connectivity index is 2.89. The van der Waals surface area contributed by atoms with Gasteiger partial charge >= 0.3 is 0 Å². The van der Waals surface area contributed by atoms with Crippen molar-refractivity contribution in [3.05, 3.63) is 0 Å². The first-order chi connectivity index (χ1) is 7.27. The lowest BCUT2D eigenvalue weighted by atomic mass is 10.1. The Morgan fingerprint density at radius 2 is 1.20 bits per heavy atom. The minimum atomic E-state index is 0.341. The molecule has 2 heteroatoms. The van der Waals surface area contributed by atoms with Gasteiger partial charge in [0.1, 0.15) is 5.78 Å². The third-order valence-corrected chi connectivity index (χ3v) is 3.43. The van der Waals surface area contributed by atoms with Gasteiger partial charge in [-0.05, 0) is 24.2 Å². The highest BCUT2D eigenvalue weighted by atomic mass is 127. The van der Waals surface area contributed by atoms with E-state index in [2.05, 4.69) is 22.6 Å². The average molecular weight is 324 g/mol. The van der Waals surface area contributed by atoms with Crippen LogP contribution in [0.15, 0.2) is 0 Å². The van der Waals surface area contributed by atoms with Crippen molar-refractivity contribution in [3.8, 4) is 0 Å². The predicted molar refractivity (Wildman–Crippen MR) is 75.7 cm³/mol. The largest absolute Gasteiger partial charge is 0.300 e. The van der Waals surface area contributed by atoms with Crippen LogP contribution in [0.2, 0.25) is 0 Å². The van der Waals surface area contributed by atoms with Gasteiger partial charge in [-0.1, -0.05) is 67.5 Å². The van der Waals surface area contributed by atoms with E-state index in [1.165, 1.54) is 55.8 Å². The van der Waals surface area contributed by atoms with Gasteiger partial charge in [-0.25, -0.2) is 0 Å². The summed E-state index contributed by atoms with van der Waals surface area (Å²) in [6.45, 7) is 1.69. The second-order valence-electron chi connectivity index (χ2n) is 4.32. The highest BCUT2D eigenvalue weighted by Gasteiger charge is 1.94. The first-order valence-corrected chi connectivity index (χ1v) is 7.85. The van der Waals surface area contributed by atoms with Crippen LogP contribution in [0.1, 0.15) is 71.1 Å². The molecular weight excluding hydrogens is 299 g/mol. The molecule has 0 saturated carbocycles. The van der Waals surface area contributed by atoms with Crippen molar-refractivity contribution in [2.45, 2.75) is 71.1 Å². The first-order valence-electron chi connectivity index (χ1n) is 6.32. The molecular formula is C13H25IO. The van der Waals surface area contributed by atoms with Crippen LogP contribution in [0.3, 0.4) is 0 Å². The Morgan fingerprint density at radius 1 is 0.800 bits per heavy atom. The summed E-state index contributed by atoms with van der Waals surface area (Å²) in [4.78, 5) is 10.7. The van der Waals surface area contributed by atoms with Gasteiger partial charge in [-0.2, -0.15) is 0 Å². The zero-order valence-corrected chi connectivity index (χ0v) is 12.2. The van der Waals surface area contributed by atoms with Crippen LogP contribution in [0.5, 0.6) is 0 Å². The number of halogens is 1. The number of ketones is 1. The zero-order valence-electron chi connectivity index (χ0n) is 10.1. The van der Waals surface area contributed by atoms with Crippen LogP contribution >= 0.6 is 22.6 Å². The summed E-state index contributed by atoms with van der Waals surface area (Å²) < 4.78 is 1.31. The van der Waals surface area contributed by atoms with Gasteiger partial charge in [0.05, 0.1) is 0 Å². The molecule has 0 spiro atoms. The van der Waals surface area contributed by atoms with Crippen LogP contribution < -0.4 is 0 Å². The van der Waals surface area contributed by atoms with Crippen LogP contribution in [-0.4, -0.2) is 10.2 Å². The lowest BCUT2D eigenvalue weighted by Crippen LogP contribution is -1.89. The number of unbranched alkanes of at least 4 members (excludes halogenated alkanes) is 8. The van der Waals surface area contributed by atoms with Gasteiger partial charge in [0.2, 0.25) is 0 Å².